The Bertz CT molecular complexity index is 832. The predicted molar refractivity (Wildman–Crippen MR) is 103 cm³/mol. The van der Waals surface area contributed by atoms with Crippen molar-refractivity contribution in [1.29, 1.82) is 0 Å². The fourth-order valence-corrected chi connectivity index (χ4v) is 3.12. The topological polar surface area (TPSA) is 58.6 Å². The predicted octanol–water partition coefficient (Wildman–Crippen LogP) is 3.87. The average Bonchev–Trinajstić information content (AvgIpc) is 2.62. The number of carbonyl (C=O) groups is 2. The summed E-state index contributed by atoms with van der Waals surface area (Å²) in [4.78, 5) is 26.2. The van der Waals surface area contributed by atoms with Gasteiger partial charge >= 0.3 is 5.97 Å². The summed E-state index contributed by atoms with van der Waals surface area (Å²) in [6, 6.07) is 13.4. The Morgan fingerprint density at radius 2 is 2.04 bits per heavy atom. The first kappa shape index (κ1) is 18.0. The van der Waals surface area contributed by atoms with Crippen molar-refractivity contribution in [2.24, 2.45) is 0 Å². The highest BCUT2D eigenvalue weighted by Crippen LogP contribution is 2.33. The van der Waals surface area contributed by atoms with Crippen LogP contribution in [0.4, 0.5) is 11.4 Å². The second kappa shape index (κ2) is 7.60. The van der Waals surface area contributed by atoms with Crippen molar-refractivity contribution in [1.82, 2.24) is 0 Å². The van der Waals surface area contributed by atoms with Crippen LogP contribution in [0.15, 0.2) is 42.5 Å². The highest BCUT2D eigenvalue weighted by Gasteiger charge is 2.26. The summed E-state index contributed by atoms with van der Waals surface area (Å²) in [6.45, 7) is 6.40. The molecule has 2 aromatic carbocycles. The van der Waals surface area contributed by atoms with E-state index in [1.807, 2.05) is 43.3 Å². The Labute approximate surface area is 154 Å². The zero-order chi connectivity index (χ0) is 18.7. The van der Waals surface area contributed by atoms with Gasteiger partial charge in [-0.05, 0) is 48.6 Å². The third kappa shape index (κ3) is 3.87. The van der Waals surface area contributed by atoms with Crippen LogP contribution in [0.25, 0.3) is 0 Å². The van der Waals surface area contributed by atoms with E-state index in [2.05, 4.69) is 19.2 Å². The van der Waals surface area contributed by atoms with Crippen molar-refractivity contribution in [2.45, 2.75) is 33.1 Å². The molecular weight excluding hydrogens is 328 g/mol. The Hall–Kier alpha value is -2.82. The number of rotatable bonds is 5. The SMILES string of the molecule is CCC(C)c1ccccc1NC(=O)CN1CC(=O)Oc2ccc(C)cc21. The molecule has 2 aromatic rings. The molecule has 5 heteroatoms. The van der Waals surface area contributed by atoms with Gasteiger partial charge in [0.15, 0.2) is 5.75 Å². The summed E-state index contributed by atoms with van der Waals surface area (Å²) in [5.74, 6) is 0.358. The minimum atomic E-state index is -0.353. The first-order valence-electron chi connectivity index (χ1n) is 8.93. The molecule has 0 spiro atoms. The fourth-order valence-electron chi connectivity index (χ4n) is 3.12. The van der Waals surface area contributed by atoms with Gasteiger partial charge in [0.05, 0.1) is 12.2 Å². The van der Waals surface area contributed by atoms with Crippen LogP contribution in [0.2, 0.25) is 0 Å². The van der Waals surface area contributed by atoms with E-state index in [0.29, 0.717) is 11.7 Å². The summed E-state index contributed by atoms with van der Waals surface area (Å²) in [5.41, 5.74) is 3.78. The fraction of sp³-hybridized carbons (Fsp3) is 0.333. The summed E-state index contributed by atoms with van der Waals surface area (Å²) in [5, 5.41) is 3.00. The summed E-state index contributed by atoms with van der Waals surface area (Å²) < 4.78 is 5.27. The van der Waals surface area contributed by atoms with Gasteiger partial charge in [0.1, 0.15) is 6.54 Å². The molecule has 1 aliphatic rings. The Kier molecular flexibility index (Phi) is 5.26. The Morgan fingerprint density at radius 3 is 2.81 bits per heavy atom. The maximum Gasteiger partial charge on any atom is 0.331 e. The number of esters is 1. The molecule has 1 aliphatic heterocycles. The van der Waals surface area contributed by atoms with Gasteiger partial charge < -0.3 is 15.0 Å². The Balaban J connectivity index is 1.78. The number of hydrogen-bond donors (Lipinski definition) is 1. The van der Waals surface area contributed by atoms with Crippen LogP contribution in [0, 0.1) is 6.92 Å². The van der Waals surface area contributed by atoms with Crippen LogP contribution in [0.3, 0.4) is 0 Å². The maximum absolute atomic E-state index is 12.6. The molecule has 0 radical (unpaired) electrons. The molecule has 1 amide bonds. The van der Waals surface area contributed by atoms with Crippen molar-refractivity contribution in [3.05, 3.63) is 53.6 Å². The van der Waals surface area contributed by atoms with Crippen molar-refractivity contribution >= 4 is 23.3 Å². The molecule has 5 nitrogen and oxygen atoms in total. The number of amides is 1. The standard InChI is InChI=1S/C21H24N2O3/c1-4-15(3)16-7-5-6-8-17(16)22-20(24)12-23-13-21(25)26-19-10-9-14(2)11-18(19)23/h5-11,15H,4,12-13H2,1-3H3,(H,22,24). The molecule has 1 N–H and O–H groups in total. The van der Waals surface area contributed by atoms with Crippen LogP contribution in [-0.2, 0) is 9.59 Å². The quantitative estimate of drug-likeness (QED) is 0.655. The number of fused-ring (bicyclic) bond motifs is 1. The van der Waals surface area contributed by atoms with Gasteiger partial charge in [-0.25, -0.2) is 4.79 Å². The van der Waals surface area contributed by atoms with Gasteiger partial charge in [-0.2, -0.15) is 0 Å². The van der Waals surface area contributed by atoms with Crippen LogP contribution >= 0.6 is 0 Å². The third-order valence-electron chi connectivity index (χ3n) is 4.71. The van der Waals surface area contributed by atoms with E-state index < -0.39 is 0 Å². The maximum atomic E-state index is 12.6. The molecule has 1 atom stereocenters. The molecular formula is C21H24N2O3. The van der Waals surface area contributed by atoms with E-state index in [1.54, 1.807) is 11.0 Å². The zero-order valence-electron chi connectivity index (χ0n) is 15.4. The first-order chi connectivity index (χ1) is 12.5. The monoisotopic (exact) mass is 352 g/mol. The second-order valence-corrected chi connectivity index (χ2v) is 6.75. The summed E-state index contributed by atoms with van der Waals surface area (Å²) >= 11 is 0. The second-order valence-electron chi connectivity index (χ2n) is 6.75. The number of para-hydroxylation sites is 1. The van der Waals surface area contributed by atoms with E-state index in [4.69, 9.17) is 4.74 Å². The van der Waals surface area contributed by atoms with E-state index in [-0.39, 0.29) is 25.0 Å². The number of anilines is 2. The minimum Gasteiger partial charge on any atom is -0.423 e. The lowest BCUT2D eigenvalue weighted by Gasteiger charge is -2.29. The molecule has 0 bridgehead atoms. The van der Waals surface area contributed by atoms with Crippen LogP contribution in [-0.4, -0.2) is 25.0 Å². The number of aryl methyl sites for hydroxylation is 1. The van der Waals surface area contributed by atoms with Crippen molar-refractivity contribution in [3.63, 3.8) is 0 Å². The van der Waals surface area contributed by atoms with Gasteiger partial charge in [-0.3, -0.25) is 4.79 Å². The minimum absolute atomic E-state index is 0.0664. The van der Waals surface area contributed by atoms with Crippen LogP contribution < -0.4 is 15.0 Å². The largest absolute Gasteiger partial charge is 0.423 e. The normalized spacial score (nSPS) is 14.4. The highest BCUT2D eigenvalue weighted by molar-refractivity contribution is 5.97. The van der Waals surface area contributed by atoms with Crippen molar-refractivity contribution < 1.29 is 14.3 Å². The molecule has 1 unspecified atom stereocenters. The average molecular weight is 352 g/mol. The van der Waals surface area contributed by atoms with E-state index in [9.17, 15) is 9.59 Å². The number of benzene rings is 2. The zero-order valence-corrected chi connectivity index (χ0v) is 15.4. The van der Waals surface area contributed by atoms with Gasteiger partial charge in [0.25, 0.3) is 0 Å². The summed E-state index contributed by atoms with van der Waals surface area (Å²) in [7, 11) is 0. The van der Waals surface area contributed by atoms with Gasteiger partial charge in [0.2, 0.25) is 5.91 Å². The number of nitrogens with one attached hydrogen (secondary N) is 1. The molecule has 0 aliphatic carbocycles. The molecule has 0 aromatic heterocycles. The molecule has 0 saturated carbocycles. The molecule has 3 rings (SSSR count). The molecule has 0 saturated heterocycles. The number of ether oxygens (including phenoxy) is 1. The van der Waals surface area contributed by atoms with Gasteiger partial charge in [0, 0.05) is 5.69 Å². The van der Waals surface area contributed by atoms with E-state index in [0.717, 1.165) is 28.9 Å². The van der Waals surface area contributed by atoms with E-state index in [1.165, 1.54) is 0 Å². The molecule has 26 heavy (non-hydrogen) atoms. The number of nitrogens with zero attached hydrogens (tertiary/aromatic N) is 1. The smallest absolute Gasteiger partial charge is 0.331 e. The van der Waals surface area contributed by atoms with Crippen molar-refractivity contribution in [2.75, 3.05) is 23.3 Å². The summed E-state index contributed by atoms with van der Waals surface area (Å²) in [6.07, 6.45) is 0.998. The number of carbonyl (C=O) groups excluding carboxylic acids is 2. The molecule has 0 fully saturated rings. The Morgan fingerprint density at radius 1 is 1.27 bits per heavy atom. The lowest BCUT2D eigenvalue weighted by Crippen LogP contribution is -2.41. The lowest BCUT2D eigenvalue weighted by molar-refractivity contribution is -0.133. The van der Waals surface area contributed by atoms with E-state index >= 15 is 0 Å². The van der Waals surface area contributed by atoms with Crippen LogP contribution in [0.5, 0.6) is 5.75 Å². The molecule has 136 valence electrons. The van der Waals surface area contributed by atoms with Gasteiger partial charge in [-0.15, -0.1) is 0 Å². The molecule has 1 heterocycles. The van der Waals surface area contributed by atoms with Crippen LogP contribution in [0.1, 0.15) is 37.3 Å². The van der Waals surface area contributed by atoms with Crippen molar-refractivity contribution in [3.8, 4) is 5.75 Å². The third-order valence-corrected chi connectivity index (χ3v) is 4.71. The number of hydrogen-bond acceptors (Lipinski definition) is 4. The van der Waals surface area contributed by atoms with Gasteiger partial charge in [-0.1, -0.05) is 38.1 Å². The first-order valence-corrected chi connectivity index (χ1v) is 8.93. The highest BCUT2D eigenvalue weighted by atomic mass is 16.5. The lowest BCUT2D eigenvalue weighted by atomic mass is 9.97.